The highest BCUT2D eigenvalue weighted by molar-refractivity contribution is 7.10. The third-order valence-electron chi connectivity index (χ3n) is 5.14. The highest BCUT2D eigenvalue weighted by atomic mass is 35.5. The Hall–Kier alpha value is -2.71. The molecule has 0 saturated carbocycles. The molecule has 33 heavy (non-hydrogen) atoms. The number of thiophene rings is 1. The quantitative estimate of drug-likeness (QED) is 0.239. The van der Waals surface area contributed by atoms with Crippen LogP contribution in [-0.2, 0) is 9.59 Å². The largest absolute Gasteiger partial charge is 0.507 e. The summed E-state index contributed by atoms with van der Waals surface area (Å²) in [7, 11) is 2.74. The molecule has 1 aliphatic heterocycles. The number of carbonyl (C=O) groups is 2. The minimum atomic E-state index is -0.896. The SMILES string of the molecule is COc1c(Cl)cc(/C(O)=C2/C(=O)C(=O)N(c3cccc(Cl)c3)C2c2cccs2)c(OC)c1Cl. The number of ether oxygens (including phenoxy) is 2. The molecule has 1 amide bonds. The second-order valence-electron chi connectivity index (χ2n) is 6.95. The summed E-state index contributed by atoms with van der Waals surface area (Å²) in [5.74, 6) is -1.94. The van der Waals surface area contributed by atoms with Gasteiger partial charge in [-0.1, -0.05) is 46.9 Å². The van der Waals surface area contributed by atoms with Crippen molar-refractivity contribution in [2.24, 2.45) is 0 Å². The van der Waals surface area contributed by atoms with Gasteiger partial charge in [0.05, 0.1) is 30.4 Å². The van der Waals surface area contributed by atoms with Crippen molar-refractivity contribution in [1.82, 2.24) is 0 Å². The summed E-state index contributed by atoms with van der Waals surface area (Å²) in [6, 6.07) is 10.6. The van der Waals surface area contributed by atoms with Crippen molar-refractivity contribution >= 4 is 69.3 Å². The predicted molar refractivity (Wildman–Crippen MR) is 130 cm³/mol. The number of hydrogen-bond donors (Lipinski definition) is 1. The van der Waals surface area contributed by atoms with Gasteiger partial charge in [0.25, 0.3) is 11.7 Å². The minimum Gasteiger partial charge on any atom is -0.507 e. The Labute approximate surface area is 208 Å². The van der Waals surface area contributed by atoms with Crippen molar-refractivity contribution < 1.29 is 24.2 Å². The summed E-state index contributed by atoms with van der Waals surface area (Å²) in [4.78, 5) is 28.3. The predicted octanol–water partition coefficient (Wildman–Crippen LogP) is 6.35. The third-order valence-corrected chi connectivity index (χ3v) is 6.92. The van der Waals surface area contributed by atoms with Crippen molar-refractivity contribution in [3.63, 3.8) is 0 Å². The van der Waals surface area contributed by atoms with Crippen molar-refractivity contribution in [3.05, 3.63) is 78.9 Å². The number of anilines is 1. The summed E-state index contributed by atoms with van der Waals surface area (Å²) in [5, 5.41) is 13.7. The Balaban J connectivity index is 1.99. The van der Waals surface area contributed by atoms with E-state index < -0.39 is 23.5 Å². The van der Waals surface area contributed by atoms with Gasteiger partial charge in [-0.05, 0) is 35.7 Å². The van der Waals surface area contributed by atoms with Crippen LogP contribution in [0.3, 0.4) is 0 Å². The number of ketones is 1. The number of hydrogen-bond acceptors (Lipinski definition) is 6. The standard InChI is InChI=1S/C23H16Cl3NO5S/c1-31-21-13(10-14(25)22(32-2)17(21)26)19(28)16-18(15-7-4-8-33-15)27(23(30)20(16)29)12-6-3-5-11(24)9-12/h3-10,18,28H,1-2H3/b19-16-. The lowest BCUT2D eigenvalue weighted by atomic mass is 9.99. The molecule has 0 aliphatic carbocycles. The maximum absolute atomic E-state index is 13.2. The number of amides is 1. The lowest BCUT2D eigenvalue weighted by Gasteiger charge is -2.24. The molecule has 1 saturated heterocycles. The Morgan fingerprint density at radius 3 is 2.36 bits per heavy atom. The number of halogens is 3. The second kappa shape index (κ2) is 9.27. The van der Waals surface area contributed by atoms with Crippen LogP contribution in [0.4, 0.5) is 5.69 Å². The van der Waals surface area contributed by atoms with E-state index in [2.05, 4.69) is 0 Å². The van der Waals surface area contributed by atoms with E-state index in [4.69, 9.17) is 44.3 Å². The van der Waals surface area contributed by atoms with Gasteiger partial charge in [0.15, 0.2) is 11.5 Å². The van der Waals surface area contributed by atoms with Gasteiger partial charge in [-0.25, -0.2) is 0 Å². The number of Topliss-reactive ketones (excluding diaryl/α,β-unsaturated/α-hetero) is 1. The van der Waals surface area contributed by atoms with E-state index >= 15 is 0 Å². The van der Waals surface area contributed by atoms with Gasteiger partial charge in [0, 0.05) is 15.6 Å². The van der Waals surface area contributed by atoms with Gasteiger partial charge in [-0.3, -0.25) is 14.5 Å². The Kier molecular flexibility index (Phi) is 6.59. The number of aliphatic hydroxyl groups excluding tert-OH is 1. The van der Waals surface area contributed by atoms with Crippen molar-refractivity contribution in [3.8, 4) is 11.5 Å². The molecule has 1 aliphatic rings. The van der Waals surface area contributed by atoms with Crippen molar-refractivity contribution in [2.45, 2.75) is 6.04 Å². The molecule has 0 bridgehead atoms. The topological polar surface area (TPSA) is 76.1 Å². The summed E-state index contributed by atoms with van der Waals surface area (Å²) < 4.78 is 10.6. The van der Waals surface area contributed by atoms with Crippen LogP contribution >= 0.6 is 46.1 Å². The van der Waals surface area contributed by atoms with Crippen molar-refractivity contribution in [1.29, 1.82) is 0 Å². The Morgan fingerprint density at radius 1 is 1.03 bits per heavy atom. The molecule has 4 rings (SSSR count). The molecule has 1 unspecified atom stereocenters. The van der Waals surface area contributed by atoms with Crippen LogP contribution in [0.5, 0.6) is 11.5 Å². The summed E-state index contributed by atoms with van der Waals surface area (Å²) >= 11 is 20.1. The number of nitrogens with zero attached hydrogens (tertiary/aromatic N) is 1. The zero-order valence-electron chi connectivity index (χ0n) is 17.3. The van der Waals surface area contributed by atoms with E-state index in [-0.39, 0.29) is 32.7 Å². The van der Waals surface area contributed by atoms with Crippen LogP contribution < -0.4 is 14.4 Å². The molecule has 1 fully saturated rings. The first kappa shape index (κ1) is 23.4. The van der Waals surface area contributed by atoms with Crippen LogP contribution in [0, 0.1) is 0 Å². The summed E-state index contributed by atoms with van der Waals surface area (Å²) in [6.07, 6.45) is 0. The van der Waals surface area contributed by atoms with Gasteiger partial charge in [0.1, 0.15) is 16.8 Å². The Morgan fingerprint density at radius 2 is 1.76 bits per heavy atom. The lowest BCUT2D eigenvalue weighted by Crippen LogP contribution is -2.29. The fraction of sp³-hybridized carbons (Fsp3) is 0.130. The average molecular weight is 525 g/mol. The molecular weight excluding hydrogens is 509 g/mol. The molecule has 0 radical (unpaired) electrons. The fourth-order valence-electron chi connectivity index (χ4n) is 3.73. The summed E-state index contributed by atoms with van der Waals surface area (Å²) in [5.41, 5.74) is 0.344. The van der Waals surface area contributed by atoms with E-state index in [1.54, 1.807) is 36.4 Å². The van der Waals surface area contributed by atoms with Crippen LogP contribution in [-0.4, -0.2) is 31.0 Å². The van der Waals surface area contributed by atoms with Gasteiger partial charge in [-0.15, -0.1) is 11.3 Å². The number of carbonyl (C=O) groups excluding carboxylic acids is 2. The number of rotatable bonds is 5. The molecule has 6 nitrogen and oxygen atoms in total. The first-order valence-electron chi connectivity index (χ1n) is 9.50. The second-order valence-corrected chi connectivity index (χ2v) is 9.15. The zero-order valence-corrected chi connectivity index (χ0v) is 20.3. The van der Waals surface area contributed by atoms with Crippen LogP contribution in [0.1, 0.15) is 16.5 Å². The van der Waals surface area contributed by atoms with Gasteiger partial charge >= 0.3 is 0 Å². The van der Waals surface area contributed by atoms with E-state index in [9.17, 15) is 14.7 Å². The lowest BCUT2D eigenvalue weighted by molar-refractivity contribution is -0.132. The molecule has 1 N–H and O–H groups in total. The van der Waals surface area contributed by atoms with E-state index in [0.29, 0.717) is 15.6 Å². The smallest absolute Gasteiger partial charge is 0.300 e. The highest BCUT2D eigenvalue weighted by Gasteiger charge is 2.47. The average Bonchev–Trinajstić information content (AvgIpc) is 3.40. The maximum atomic E-state index is 13.2. The highest BCUT2D eigenvalue weighted by Crippen LogP contribution is 2.48. The molecule has 1 aromatic heterocycles. The van der Waals surface area contributed by atoms with E-state index in [0.717, 1.165) is 0 Å². The third kappa shape index (κ3) is 3.95. The molecular formula is C23H16Cl3NO5S. The van der Waals surface area contributed by atoms with E-state index in [1.165, 1.54) is 36.5 Å². The first-order chi connectivity index (χ1) is 15.8. The Bertz CT molecular complexity index is 1290. The normalized spacial score (nSPS) is 17.5. The summed E-state index contributed by atoms with van der Waals surface area (Å²) in [6.45, 7) is 0. The van der Waals surface area contributed by atoms with Gasteiger partial charge in [-0.2, -0.15) is 0 Å². The van der Waals surface area contributed by atoms with Gasteiger partial charge < -0.3 is 14.6 Å². The van der Waals surface area contributed by atoms with Crippen molar-refractivity contribution in [2.75, 3.05) is 19.1 Å². The minimum absolute atomic E-state index is 0.0193. The fourth-order valence-corrected chi connectivity index (χ4v) is 5.43. The van der Waals surface area contributed by atoms with Crippen LogP contribution in [0.25, 0.3) is 5.76 Å². The zero-order chi connectivity index (χ0) is 23.9. The molecule has 2 heterocycles. The van der Waals surface area contributed by atoms with Crippen LogP contribution in [0.15, 0.2) is 53.4 Å². The molecule has 2 aromatic carbocycles. The molecule has 0 spiro atoms. The maximum Gasteiger partial charge on any atom is 0.300 e. The number of benzene rings is 2. The van der Waals surface area contributed by atoms with E-state index in [1.807, 2.05) is 5.38 Å². The molecule has 10 heteroatoms. The van der Waals surface area contributed by atoms with Gasteiger partial charge in [0.2, 0.25) is 0 Å². The number of aliphatic hydroxyl groups is 1. The molecule has 3 aromatic rings. The molecule has 170 valence electrons. The number of methoxy groups -OCH3 is 2. The first-order valence-corrected chi connectivity index (χ1v) is 11.5. The molecule has 1 atom stereocenters. The monoisotopic (exact) mass is 523 g/mol. The van der Waals surface area contributed by atoms with Crippen LogP contribution in [0.2, 0.25) is 15.1 Å².